The highest BCUT2D eigenvalue weighted by molar-refractivity contribution is 6.23. The smallest absolute Gasteiger partial charge is 0.335 e. The normalized spacial score (nSPS) is 21.7. The van der Waals surface area contributed by atoms with Gasteiger partial charge in [-0.15, -0.1) is 0 Å². The van der Waals surface area contributed by atoms with Gasteiger partial charge in [0.15, 0.2) is 5.54 Å². The first-order valence-electron chi connectivity index (χ1n) is 7.15. The molecule has 0 unspecified atom stereocenters. The number of rotatable bonds is 3. The monoisotopic (exact) mass is 334 g/mol. The molecular weight excluding hydrogens is 316 g/mol. The van der Waals surface area contributed by atoms with E-state index in [0.717, 1.165) is 25.9 Å². The van der Waals surface area contributed by atoms with E-state index in [-0.39, 0.29) is 11.3 Å². The number of imide groups is 1. The first-order chi connectivity index (χ1) is 11.1. The molecule has 128 valence electrons. The first kappa shape index (κ1) is 17.6. The van der Waals surface area contributed by atoms with E-state index < -0.39 is 34.8 Å². The van der Waals surface area contributed by atoms with Crippen LogP contribution < -0.4 is 10.2 Å². The van der Waals surface area contributed by atoms with Crippen molar-refractivity contribution in [1.82, 2.24) is 5.32 Å². The Bertz CT molecular complexity index is 746. The molecule has 3 amide bonds. The van der Waals surface area contributed by atoms with Crippen molar-refractivity contribution < 1.29 is 29.0 Å². The Balaban J connectivity index is 2.78. The molecule has 0 aromatic heterocycles. The topological polar surface area (TPSA) is 113 Å². The quantitative estimate of drug-likeness (QED) is 0.743. The maximum absolute atomic E-state index is 12.9. The summed E-state index contributed by atoms with van der Waals surface area (Å²) in [6, 6.07) is 6.02. The fourth-order valence-corrected chi connectivity index (χ4v) is 3.00. The van der Waals surface area contributed by atoms with Gasteiger partial charge in [0.1, 0.15) is 0 Å². The van der Waals surface area contributed by atoms with Crippen LogP contribution in [0.15, 0.2) is 24.3 Å². The molecule has 0 spiro atoms. The maximum atomic E-state index is 12.9. The van der Waals surface area contributed by atoms with E-state index in [2.05, 4.69) is 10.1 Å². The van der Waals surface area contributed by atoms with E-state index in [0.29, 0.717) is 0 Å². The van der Waals surface area contributed by atoms with Crippen LogP contribution in [-0.2, 0) is 29.5 Å². The highest BCUT2D eigenvalue weighted by atomic mass is 16.5. The number of hydrogen-bond acceptors (Lipinski definition) is 6. The number of nitrogens with one attached hydrogen (secondary N) is 1. The lowest BCUT2D eigenvalue weighted by Crippen LogP contribution is -2.68. The van der Waals surface area contributed by atoms with Crippen LogP contribution in [0.3, 0.4) is 0 Å². The van der Waals surface area contributed by atoms with Crippen LogP contribution in [0.2, 0.25) is 0 Å². The number of anilines is 1. The summed E-state index contributed by atoms with van der Waals surface area (Å²) in [7, 11) is 1.07. The Labute approximate surface area is 138 Å². The van der Waals surface area contributed by atoms with Crippen molar-refractivity contribution >= 4 is 29.4 Å². The number of fused-ring (bicyclic) bond motifs is 1. The lowest BCUT2D eigenvalue weighted by molar-refractivity contribution is -0.170. The average molecular weight is 334 g/mol. The van der Waals surface area contributed by atoms with Gasteiger partial charge in [-0.1, -0.05) is 18.2 Å². The Morgan fingerprint density at radius 2 is 1.83 bits per heavy atom. The molecule has 0 saturated heterocycles. The second-order valence-corrected chi connectivity index (χ2v) is 5.68. The van der Waals surface area contributed by atoms with Gasteiger partial charge in [-0.3, -0.25) is 14.4 Å². The fourth-order valence-electron chi connectivity index (χ4n) is 3.00. The van der Waals surface area contributed by atoms with Crippen molar-refractivity contribution in [1.29, 1.82) is 0 Å². The molecule has 1 aliphatic heterocycles. The molecule has 0 bridgehead atoms. The third kappa shape index (κ3) is 2.18. The summed E-state index contributed by atoms with van der Waals surface area (Å²) in [5.74, 6) is -3.33. The van der Waals surface area contributed by atoms with E-state index in [4.69, 9.17) is 0 Å². The molecule has 0 fully saturated rings. The summed E-state index contributed by atoms with van der Waals surface area (Å²) < 4.78 is 4.68. The number of nitrogens with zero attached hydrogens (tertiary/aromatic N) is 1. The summed E-state index contributed by atoms with van der Waals surface area (Å²) in [5.41, 5.74) is -4.43. The van der Waals surface area contributed by atoms with E-state index >= 15 is 0 Å². The number of benzene rings is 1. The Kier molecular flexibility index (Phi) is 4.19. The predicted molar refractivity (Wildman–Crippen MR) is 82.7 cm³/mol. The van der Waals surface area contributed by atoms with Crippen molar-refractivity contribution in [3.63, 3.8) is 0 Å². The van der Waals surface area contributed by atoms with Gasteiger partial charge in [0.05, 0.1) is 12.8 Å². The molecule has 8 nitrogen and oxygen atoms in total. The minimum Gasteiger partial charge on any atom is -0.467 e. The Hall–Kier alpha value is -2.74. The molecule has 24 heavy (non-hydrogen) atoms. The van der Waals surface area contributed by atoms with Crippen LogP contribution in [0.4, 0.5) is 5.69 Å². The first-order valence-corrected chi connectivity index (χ1v) is 7.15. The van der Waals surface area contributed by atoms with Crippen LogP contribution in [0, 0.1) is 0 Å². The van der Waals surface area contributed by atoms with Crippen molar-refractivity contribution in [2.75, 3.05) is 12.0 Å². The van der Waals surface area contributed by atoms with Gasteiger partial charge in [-0.2, -0.15) is 0 Å². The van der Waals surface area contributed by atoms with Crippen LogP contribution in [-0.4, -0.2) is 41.4 Å². The molecule has 0 aliphatic carbocycles. The van der Waals surface area contributed by atoms with Crippen LogP contribution >= 0.6 is 0 Å². The molecular formula is C16H18N2O6. The number of amides is 3. The number of carbonyl (C=O) groups excluding carboxylic acids is 4. The molecule has 2 rings (SSSR count). The van der Waals surface area contributed by atoms with Gasteiger partial charge >= 0.3 is 5.97 Å². The molecule has 0 radical (unpaired) electrons. The minimum atomic E-state index is -2.49. The second-order valence-electron chi connectivity index (χ2n) is 5.68. The number of carbonyl (C=O) groups is 4. The summed E-state index contributed by atoms with van der Waals surface area (Å²) in [5, 5.41) is 13.5. The van der Waals surface area contributed by atoms with Gasteiger partial charge in [0, 0.05) is 19.4 Å². The SMILES string of the molecule is COC(=O)[C@](C)(NC(C)=O)[C@]1(O)C(=O)N(C(C)=O)c2ccccc21. The zero-order valence-electron chi connectivity index (χ0n) is 13.7. The van der Waals surface area contributed by atoms with Crippen LogP contribution in [0.1, 0.15) is 26.3 Å². The highest BCUT2D eigenvalue weighted by Gasteiger charge is 2.66. The third-order valence-electron chi connectivity index (χ3n) is 4.11. The molecule has 1 aromatic rings. The number of aliphatic hydroxyl groups is 1. The standard InChI is InChI=1S/C16H18N2O6/c1-9(19)17-15(3,14(22)24-4)16(23)11-7-5-6-8-12(11)18(10(2)20)13(16)21/h5-8,23H,1-4H3,(H,17,19)/t15-,16+/m0/s1. The van der Waals surface area contributed by atoms with Crippen LogP contribution in [0.5, 0.6) is 0 Å². The summed E-state index contributed by atoms with van der Waals surface area (Å²) in [6.45, 7) is 3.48. The van der Waals surface area contributed by atoms with Crippen LogP contribution in [0.25, 0.3) is 0 Å². The predicted octanol–water partition coefficient (Wildman–Crippen LogP) is -0.165. The zero-order valence-corrected chi connectivity index (χ0v) is 13.7. The van der Waals surface area contributed by atoms with Crippen molar-refractivity contribution in [2.45, 2.75) is 31.9 Å². The molecule has 0 saturated carbocycles. The third-order valence-corrected chi connectivity index (χ3v) is 4.11. The average Bonchev–Trinajstić information content (AvgIpc) is 2.75. The van der Waals surface area contributed by atoms with Crippen molar-refractivity contribution in [3.05, 3.63) is 29.8 Å². The molecule has 2 atom stereocenters. The van der Waals surface area contributed by atoms with E-state index in [1.165, 1.54) is 19.1 Å². The minimum absolute atomic E-state index is 0.0341. The van der Waals surface area contributed by atoms with Crippen molar-refractivity contribution in [2.24, 2.45) is 0 Å². The maximum Gasteiger partial charge on any atom is 0.335 e. The van der Waals surface area contributed by atoms with Gasteiger partial charge in [0.2, 0.25) is 17.4 Å². The molecule has 1 aliphatic rings. The van der Waals surface area contributed by atoms with E-state index in [9.17, 15) is 24.3 Å². The number of hydrogen-bond donors (Lipinski definition) is 2. The summed E-state index contributed by atoms with van der Waals surface area (Å²) in [6.07, 6.45) is 0. The zero-order chi connectivity index (χ0) is 18.3. The Morgan fingerprint density at radius 1 is 1.25 bits per heavy atom. The number of para-hydroxylation sites is 1. The van der Waals surface area contributed by atoms with Gasteiger partial charge < -0.3 is 15.2 Å². The highest BCUT2D eigenvalue weighted by Crippen LogP contribution is 2.46. The lowest BCUT2D eigenvalue weighted by Gasteiger charge is -2.39. The fraction of sp³-hybridized carbons (Fsp3) is 0.375. The molecule has 1 heterocycles. The number of esters is 1. The number of methoxy groups -OCH3 is 1. The lowest BCUT2D eigenvalue weighted by atomic mass is 9.76. The van der Waals surface area contributed by atoms with Gasteiger partial charge in [-0.25, -0.2) is 9.69 Å². The summed E-state index contributed by atoms with van der Waals surface area (Å²) >= 11 is 0. The Morgan fingerprint density at radius 3 is 2.33 bits per heavy atom. The van der Waals surface area contributed by atoms with Crippen molar-refractivity contribution in [3.8, 4) is 0 Å². The van der Waals surface area contributed by atoms with E-state index in [1.807, 2.05) is 0 Å². The summed E-state index contributed by atoms with van der Waals surface area (Å²) in [4.78, 5) is 49.5. The molecule has 2 N–H and O–H groups in total. The van der Waals surface area contributed by atoms with Gasteiger partial charge in [0.25, 0.3) is 5.91 Å². The van der Waals surface area contributed by atoms with E-state index in [1.54, 1.807) is 12.1 Å². The largest absolute Gasteiger partial charge is 0.467 e. The molecule has 8 heteroatoms. The number of ether oxygens (including phenoxy) is 1. The van der Waals surface area contributed by atoms with Gasteiger partial charge in [-0.05, 0) is 13.0 Å². The second kappa shape index (κ2) is 5.72. The molecule has 1 aromatic carbocycles.